The first kappa shape index (κ1) is 20.6. The van der Waals surface area contributed by atoms with Crippen molar-refractivity contribution in [1.82, 2.24) is 0 Å². The van der Waals surface area contributed by atoms with Gasteiger partial charge in [0, 0.05) is 24.3 Å². The van der Waals surface area contributed by atoms with Crippen LogP contribution in [0.5, 0.6) is 0 Å². The fourth-order valence-electron chi connectivity index (χ4n) is 3.40. The second-order valence-corrected chi connectivity index (χ2v) is 7.58. The molecular weight excluding hydrogens is 368 g/mol. The average molecular weight is 394 g/mol. The second-order valence-electron chi connectivity index (χ2n) is 7.58. The van der Waals surface area contributed by atoms with Gasteiger partial charge in [-0.3, -0.25) is 14.4 Å². The molecule has 1 fully saturated rings. The quantitative estimate of drug-likeness (QED) is 0.787. The standard InChI is InChI=1S/C23H26N2O4/c1-14-8-10-19(11-9-14)25-13-18(12-20(25)26)23(28)29-17(4)22(27)24-21-15(2)6-5-7-16(21)3/h5-11,17-18H,12-13H2,1-4H3,(H,24,27)/t17-,18+/m0/s1. The third kappa shape index (κ3) is 4.65. The van der Waals surface area contributed by atoms with E-state index in [9.17, 15) is 14.4 Å². The van der Waals surface area contributed by atoms with Crippen LogP contribution in [0.4, 0.5) is 11.4 Å². The number of hydrogen-bond acceptors (Lipinski definition) is 4. The van der Waals surface area contributed by atoms with Crippen LogP contribution < -0.4 is 10.2 Å². The molecule has 0 unspecified atom stereocenters. The number of nitrogens with one attached hydrogen (secondary N) is 1. The number of esters is 1. The lowest BCUT2D eigenvalue weighted by Gasteiger charge is -2.19. The molecule has 6 nitrogen and oxygen atoms in total. The lowest BCUT2D eigenvalue weighted by atomic mass is 10.1. The summed E-state index contributed by atoms with van der Waals surface area (Å²) in [4.78, 5) is 39.0. The van der Waals surface area contributed by atoms with E-state index in [1.165, 1.54) is 6.92 Å². The third-order valence-corrected chi connectivity index (χ3v) is 5.20. The number of carbonyl (C=O) groups excluding carboxylic acids is 3. The third-order valence-electron chi connectivity index (χ3n) is 5.20. The summed E-state index contributed by atoms with van der Waals surface area (Å²) in [6, 6.07) is 13.3. The van der Waals surface area contributed by atoms with Gasteiger partial charge < -0.3 is 15.0 Å². The molecule has 2 atom stereocenters. The first-order valence-electron chi connectivity index (χ1n) is 9.71. The molecule has 2 aromatic carbocycles. The molecule has 0 radical (unpaired) electrons. The molecule has 3 rings (SSSR count). The Bertz CT molecular complexity index is 916. The predicted octanol–water partition coefficient (Wildman–Crippen LogP) is 3.54. The minimum absolute atomic E-state index is 0.0813. The largest absolute Gasteiger partial charge is 0.452 e. The van der Waals surface area contributed by atoms with Crippen LogP contribution in [0.15, 0.2) is 42.5 Å². The normalized spacial score (nSPS) is 17.2. The highest BCUT2D eigenvalue weighted by molar-refractivity contribution is 6.00. The van der Waals surface area contributed by atoms with Gasteiger partial charge in [-0.2, -0.15) is 0 Å². The fraction of sp³-hybridized carbons (Fsp3) is 0.348. The van der Waals surface area contributed by atoms with Crippen molar-refractivity contribution >= 4 is 29.2 Å². The smallest absolute Gasteiger partial charge is 0.312 e. The number of aryl methyl sites for hydroxylation is 3. The van der Waals surface area contributed by atoms with E-state index in [4.69, 9.17) is 4.74 Å². The summed E-state index contributed by atoms with van der Waals surface area (Å²) in [5.41, 5.74) is 4.46. The number of benzene rings is 2. The van der Waals surface area contributed by atoms with E-state index < -0.39 is 23.9 Å². The van der Waals surface area contributed by atoms with Gasteiger partial charge in [-0.15, -0.1) is 0 Å². The number of amides is 2. The number of carbonyl (C=O) groups is 3. The van der Waals surface area contributed by atoms with E-state index in [0.29, 0.717) is 0 Å². The minimum atomic E-state index is -0.954. The van der Waals surface area contributed by atoms with Crippen LogP contribution >= 0.6 is 0 Å². The number of nitrogens with zero attached hydrogens (tertiary/aromatic N) is 1. The molecule has 0 saturated carbocycles. The number of para-hydroxylation sites is 1. The number of ether oxygens (including phenoxy) is 1. The van der Waals surface area contributed by atoms with Gasteiger partial charge >= 0.3 is 5.97 Å². The van der Waals surface area contributed by atoms with E-state index in [-0.39, 0.29) is 18.9 Å². The van der Waals surface area contributed by atoms with Crippen molar-refractivity contribution in [1.29, 1.82) is 0 Å². The molecule has 1 heterocycles. The molecule has 1 aliphatic rings. The van der Waals surface area contributed by atoms with Crippen LogP contribution in [0, 0.1) is 26.7 Å². The van der Waals surface area contributed by atoms with Crippen molar-refractivity contribution in [2.75, 3.05) is 16.8 Å². The number of hydrogen-bond donors (Lipinski definition) is 1. The van der Waals surface area contributed by atoms with Gasteiger partial charge in [-0.1, -0.05) is 35.9 Å². The summed E-state index contributed by atoms with van der Waals surface area (Å²) >= 11 is 0. The van der Waals surface area contributed by atoms with Crippen LogP contribution in [0.3, 0.4) is 0 Å². The zero-order valence-corrected chi connectivity index (χ0v) is 17.2. The topological polar surface area (TPSA) is 75.7 Å². The van der Waals surface area contributed by atoms with Crippen molar-refractivity contribution in [2.24, 2.45) is 5.92 Å². The second kappa shape index (κ2) is 8.47. The monoisotopic (exact) mass is 394 g/mol. The van der Waals surface area contributed by atoms with Gasteiger partial charge in [-0.25, -0.2) is 0 Å². The SMILES string of the molecule is Cc1ccc(N2C[C@H](C(=O)O[C@@H](C)C(=O)Nc3c(C)cccc3C)CC2=O)cc1. The molecule has 2 amide bonds. The number of anilines is 2. The van der Waals surface area contributed by atoms with E-state index in [2.05, 4.69) is 5.32 Å². The molecule has 1 aliphatic heterocycles. The lowest BCUT2D eigenvalue weighted by molar-refractivity contribution is -0.157. The summed E-state index contributed by atoms with van der Waals surface area (Å²) in [6.45, 7) is 7.58. The maximum atomic E-state index is 12.5. The Balaban J connectivity index is 1.60. The minimum Gasteiger partial charge on any atom is -0.452 e. The van der Waals surface area contributed by atoms with E-state index >= 15 is 0 Å². The van der Waals surface area contributed by atoms with Crippen molar-refractivity contribution in [2.45, 2.75) is 40.2 Å². The van der Waals surface area contributed by atoms with Crippen molar-refractivity contribution in [3.63, 3.8) is 0 Å². The molecule has 6 heteroatoms. The van der Waals surface area contributed by atoms with Crippen molar-refractivity contribution in [3.05, 3.63) is 59.2 Å². The molecule has 2 aromatic rings. The Morgan fingerprint density at radius 2 is 1.69 bits per heavy atom. The first-order valence-corrected chi connectivity index (χ1v) is 9.71. The van der Waals surface area contributed by atoms with Gasteiger partial charge in [0.05, 0.1) is 5.92 Å². The molecule has 152 valence electrons. The molecule has 0 spiro atoms. The highest BCUT2D eigenvalue weighted by atomic mass is 16.5. The molecule has 29 heavy (non-hydrogen) atoms. The number of rotatable bonds is 5. The summed E-state index contributed by atoms with van der Waals surface area (Å²) in [7, 11) is 0. The molecule has 1 N–H and O–H groups in total. The highest BCUT2D eigenvalue weighted by Crippen LogP contribution is 2.26. The Morgan fingerprint density at radius 1 is 1.07 bits per heavy atom. The predicted molar refractivity (Wildman–Crippen MR) is 112 cm³/mol. The van der Waals surface area contributed by atoms with Crippen LogP contribution in [-0.4, -0.2) is 30.4 Å². The van der Waals surface area contributed by atoms with E-state index in [1.807, 2.05) is 63.2 Å². The van der Waals surface area contributed by atoms with Crippen LogP contribution in [0.1, 0.15) is 30.0 Å². The summed E-state index contributed by atoms with van der Waals surface area (Å²) < 4.78 is 5.37. The Kier molecular flexibility index (Phi) is 6.01. The van der Waals surface area contributed by atoms with Gasteiger partial charge in [0.25, 0.3) is 5.91 Å². The van der Waals surface area contributed by atoms with Gasteiger partial charge in [0.2, 0.25) is 5.91 Å². The maximum Gasteiger partial charge on any atom is 0.312 e. The highest BCUT2D eigenvalue weighted by Gasteiger charge is 2.37. The Labute approximate surface area is 170 Å². The van der Waals surface area contributed by atoms with Crippen LogP contribution in [0.25, 0.3) is 0 Å². The van der Waals surface area contributed by atoms with Crippen molar-refractivity contribution < 1.29 is 19.1 Å². The zero-order valence-electron chi connectivity index (χ0n) is 17.2. The maximum absolute atomic E-state index is 12.5. The fourth-order valence-corrected chi connectivity index (χ4v) is 3.40. The van der Waals surface area contributed by atoms with Gasteiger partial charge in [0.1, 0.15) is 0 Å². The van der Waals surface area contributed by atoms with Crippen molar-refractivity contribution in [3.8, 4) is 0 Å². The summed E-state index contributed by atoms with van der Waals surface area (Å²) in [6.07, 6.45) is -0.872. The lowest BCUT2D eigenvalue weighted by Crippen LogP contribution is -2.33. The first-order chi connectivity index (χ1) is 13.8. The van der Waals surface area contributed by atoms with E-state index in [1.54, 1.807) is 4.90 Å². The van der Waals surface area contributed by atoms with Gasteiger partial charge in [-0.05, 0) is 51.0 Å². The van der Waals surface area contributed by atoms with Gasteiger partial charge in [0.15, 0.2) is 6.10 Å². The molecule has 0 aliphatic carbocycles. The molecule has 1 saturated heterocycles. The molecule has 0 aromatic heterocycles. The zero-order chi connectivity index (χ0) is 21.1. The summed E-state index contributed by atoms with van der Waals surface area (Å²) in [5.74, 6) is -1.63. The molecular formula is C23H26N2O4. The Hall–Kier alpha value is -3.15. The van der Waals surface area contributed by atoms with Crippen LogP contribution in [-0.2, 0) is 19.1 Å². The molecule has 0 bridgehead atoms. The van der Waals surface area contributed by atoms with Crippen LogP contribution in [0.2, 0.25) is 0 Å². The summed E-state index contributed by atoms with van der Waals surface area (Å²) in [5, 5.41) is 2.83. The average Bonchev–Trinajstić information content (AvgIpc) is 3.07. The Morgan fingerprint density at radius 3 is 2.31 bits per heavy atom. The van der Waals surface area contributed by atoms with E-state index in [0.717, 1.165) is 28.1 Å².